The SMILES string of the molecule is CCCNC(c1cc(Cl)ccc1Cl)C1CC(C)CC(C)C1. The van der Waals surface area contributed by atoms with Crippen molar-refractivity contribution in [3.05, 3.63) is 33.8 Å². The third kappa shape index (κ3) is 4.61. The van der Waals surface area contributed by atoms with Crippen LogP contribution >= 0.6 is 23.2 Å². The Labute approximate surface area is 139 Å². The summed E-state index contributed by atoms with van der Waals surface area (Å²) in [5.41, 5.74) is 1.17. The molecule has 0 bridgehead atoms. The minimum absolute atomic E-state index is 0.321. The number of hydrogen-bond acceptors (Lipinski definition) is 1. The lowest BCUT2D eigenvalue weighted by Gasteiger charge is -2.37. The van der Waals surface area contributed by atoms with Crippen LogP contribution < -0.4 is 5.32 Å². The molecule has 1 N–H and O–H groups in total. The highest BCUT2D eigenvalue weighted by Crippen LogP contribution is 2.41. The summed E-state index contributed by atoms with van der Waals surface area (Å²) >= 11 is 12.7. The van der Waals surface area contributed by atoms with Crippen LogP contribution in [0.1, 0.15) is 58.1 Å². The number of halogens is 2. The fourth-order valence-corrected chi connectivity index (χ4v) is 4.28. The third-order valence-corrected chi connectivity index (χ3v) is 5.17. The lowest BCUT2D eigenvalue weighted by atomic mass is 9.72. The summed E-state index contributed by atoms with van der Waals surface area (Å²) in [7, 11) is 0. The predicted octanol–water partition coefficient (Wildman–Crippen LogP) is 6.11. The molecule has 118 valence electrons. The zero-order valence-electron chi connectivity index (χ0n) is 13.3. The molecule has 1 aromatic carbocycles. The normalized spacial score (nSPS) is 27.6. The molecule has 0 saturated heterocycles. The Morgan fingerprint density at radius 3 is 2.43 bits per heavy atom. The van der Waals surface area contributed by atoms with Gasteiger partial charge in [0.05, 0.1) is 0 Å². The topological polar surface area (TPSA) is 12.0 Å². The van der Waals surface area contributed by atoms with Crippen LogP contribution in [-0.2, 0) is 0 Å². The second-order valence-corrected chi connectivity index (χ2v) is 7.62. The third-order valence-electron chi connectivity index (χ3n) is 4.59. The highest BCUT2D eigenvalue weighted by molar-refractivity contribution is 6.33. The highest BCUT2D eigenvalue weighted by Gasteiger charge is 2.31. The fourth-order valence-electron chi connectivity index (χ4n) is 3.86. The largest absolute Gasteiger partial charge is 0.310 e. The lowest BCUT2D eigenvalue weighted by molar-refractivity contribution is 0.176. The van der Waals surface area contributed by atoms with Gasteiger partial charge in [-0.3, -0.25) is 0 Å². The van der Waals surface area contributed by atoms with Crippen LogP contribution in [0.3, 0.4) is 0 Å². The van der Waals surface area contributed by atoms with Crippen molar-refractivity contribution in [3.8, 4) is 0 Å². The van der Waals surface area contributed by atoms with Gasteiger partial charge in [-0.2, -0.15) is 0 Å². The van der Waals surface area contributed by atoms with E-state index in [4.69, 9.17) is 23.2 Å². The van der Waals surface area contributed by atoms with E-state index in [1.807, 2.05) is 18.2 Å². The van der Waals surface area contributed by atoms with Crippen LogP contribution in [0, 0.1) is 17.8 Å². The molecule has 0 heterocycles. The zero-order chi connectivity index (χ0) is 15.4. The van der Waals surface area contributed by atoms with E-state index in [2.05, 4.69) is 26.1 Å². The molecule has 1 aliphatic rings. The Kier molecular flexibility index (Phi) is 6.40. The van der Waals surface area contributed by atoms with E-state index in [0.717, 1.165) is 34.8 Å². The molecule has 1 aliphatic carbocycles. The van der Waals surface area contributed by atoms with Crippen molar-refractivity contribution in [1.82, 2.24) is 5.32 Å². The molecule has 0 aromatic heterocycles. The van der Waals surface area contributed by atoms with Crippen LogP contribution in [0.4, 0.5) is 0 Å². The summed E-state index contributed by atoms with van der Waals surface area (Å²) in [6, 6.07) is 6.16. The molecule has 1 nitrogen and oxygen atoms in total. The summed E-state index contributed by atoms with van der Waals surface area (Å²) in [5.74, 6) is 2.23. The van der Waals surface area contributed by atoms with E-state index in [1.54, 1.807) is 0 Å². The van der Waals surface area contributed by atoms with Gasteiger partial charge in [-0.25, -0.2) is 0 Å². The molecule has 3 atom stereocenters. The zero-order valence-corrected chi connectivity index (χ0v) is 14.8. The average molecular weight is 328 g/mol. The second-order valence-electron chi connectivity index (χ2n) is 6.78. The van der Waals surface area contributed by atoms with Crippen LogP contribution in [0.25, 0.3) is 0 Å². The Bertz CT molecular complexity index is 451. The fraction of sp³-hybridized carbons (Fsp3) is 0.667. The molecule has 0 spiro atoms. The summed E-state index contributed by atoms with van der Waals surface area (Å²) in [5, 5.41) is 5.33. The van der Waals surface area contributed by atoms with Gasteiger partial charge in [0.15, 0.2) is 0 Å². The smallest absolute Gasteiger partial charge is 0.0454 e. The van der Waals surface area contributed by atoms with Gasteiger partial charge in [-0.05, 0) is 73.7 Å². The monoisotopic (exact) mass is 327 g/mol. The molecule has 3 unspecified atom stereocenters. The summed E-state index contributed by atoms with van der Waals surface area (Å²) < 4.78 is 0. The first-order valence-electron chi connectivity index (χ1n) is 8.19. The van der Waals surface area contributed by atoms with E-state index in [1.165, 1.54) is 24.8 Å². The van der Waals surface area contributed by atoms with Gasteiger partial charge in [0.1, 0.15) is 0 Å². The Morgan fingerprint density at radius 2 is 1.81 bits per heavy atom. The first-order valence-corrected chi connectivity index (χ1v) is 8.95. The van der Waals surface area contributed by atoms with Crippen LogP contribution in [-0.4, -0.2) is 6.54 Å². The van der Waals surface area contributed by atoms with Gasteiger partial charge < -0.3 is 5.32 Å². The summed E-state index contributed by atoms with van der Waals surface area (Å²) in [4.78, 5) is 0. The Hall–Kier alpha value is -0.240. The first-order chi connectivity index (χ1) is 10.0. The summed E-state index contributed by atoms with van der Waals surface area (Å²) in [6.07, 6.45) is 5.02. The van der Waals surface area contributed by atoms with Crippen molar-refractivity contribution in [2.45, 2.75) is 52.5 Å². The minimum atomic E-state index is 0.321. The molecule has 0 amide bonds. The van der Waals surface area contributed by atoms with Crippen LogP contribution in [0.5, 0.6) is 0 Å². The molecule has 0 aliphatic heterocycles. The average Bonchev–Trinajstić information content (AvgIpc) is 2.42. The molecule has 1 aromatic rings. The van der Waals surface area contributed by atoms with Gasteiger partial charge in [-0.1, -0.05) is 44.0 Å². The van der Waals surface area contributed by atoms with Crippen LogP contribution in [0.15, 0.2) is 18.2 Å². The van der Waals surface area contributed by atoms with E-state index < -0.39 is 0 Å². The molecular formula is C18H27Cl2N. The second kappa shape index (κ2) is 7.85. The molecule has 2 rings (SSSR count). The van der Waals surface area contributed by atoms with Gasteiger partial charge >= 0.3 is 0 Å². The maximum Gasteiger partial charge on any atom is 0.0454 e. The van der Waals surface area contributed by atoms with Crippen molar-refractivity contribution in [3.63, 3.8) is 0 Å². The van der Waals surface area contributed by atoms with Crippen molar-refractivity contribution >= 4 is 23.2 Å². The van der Waals surface area contributed by atoms with Crippen LogP contribution in [0.2, 0.25) is 10.0 Å². The highest BCUT2D eigenvalue weighted by atomic mass is 35.5. The quantitative estimate of drug-likeness (QED) is 0.688. The van der Waals surface area contributed by atoms with Gasteiger partial charge in [-0.15, -0.1) is 0 Å². The number of nitrogens with one attached hydrogen (secondary N) is 1. The van der Waals surface area contributed by atoms with E-state index in [0.29, 0.717) is 12.0 Å². The number of rotatable bonds is 5. The first kappa shape index (κ1) is 17.1. The van der Waals surface area contributed by atoms with E-state index in [-0.39, 0.29) is 0 Å². The predicted molar refractivity (Wildman–Crippen MR) is 93.2 cm³/mol. The minimum Gasteiger partial charge on any atom is -0.310 e. The van der Waals surface area contributed by atoms with E-state index >= 15 is 0 Å². The lowest BCUT2D eigenvalue weighted by Crippen LogP contribution is -2.34. The van der Waals surface area contributed by atoms with Gasteiger partial charge in [0.25, 0.3) is 0 Å². The standard InChI is InChI=1S/C18H27Cl2N/c1-4-7-21-18(14-9-12(2)8-13(3)10-14)16-11-15(19)5-6-17(16)20/h5-6,11-14,18,21H,4,7-10H2,1-3H3. The van der Waals surface area contributed by atoms with Crippen molar-refractivity contribution in [1.29, 1.82) is 0 Å². The molecule has 21 heavy (non-hydrogen) atoms. The number of hydrogen-bond donors (Lipinski definition) is 1. The number of benzene rings is 1. The molecule has 1 fully saturated rings. The maximum absolute atomic E-state index is 6.46. The van der Waals surface area contributed by atoms with Crippen molar-refractivity contribution in [2.75, 3.05) is 6.54 Å². The van der Waals surface area contributed by atoms with Gasteiger partial charge in [0.2, 0.25) is 0 Å². The van der Waals surface area contributed by atoms with E-state index in [9.17, 15) is 0 Å². The van der Waals surface area contributed by atoms with Crippen molar-refractivity contribution < 1.29 is 0 Å². The summed E-state index contributed by atoms with van der Waals surface area (Å²) in [6.45, 7) is 7.97. The Morgan fingerprint density at radius 1 is 1.14 bits per heavy atom. The molecule has 3 heteroatoms. The molecule has 0 radical (unpaired) electrons. The maximum atomic E-state index is 6.46. The molecule has 1 saturated carbocycles. The van der Waals surface area contributed by atoms with Gasteiger partial charge in [0, 0.05) is 16.1 Å². The Balaban J connectivity index is 2.26. The van der Waals surface area contributed by atoms with Crippen molar-refractivity contribution in [2.24, 2.45) is 17.8 Å². The molecular weight excluding hydrogens is 301 g/mol.